The number of rotatable bonds is 3. The number of carbonyl (C=O) groups is 5. The van der Waals surface area contributed by atoms with E-state index in [1.54, 1.807) is 16.9 Å². The molecule has 2 aliphatic heterocycles. The van der Waals surface area contributed by atoms with Gasteiger partial charge in [0.15, 0.2) is 0 Å². The number of ketones is 1. The fourth-order valence-electron chi connectivity index (χ4n) is 3.80. The quantitative estimate of drug-likeness (QED) is 0.289. The van der Waals surface area contributed by atoms with Gasteiger partial charge in [-0.05, 0) is 30.8 Å². The summed E-state index contributed by atoms with van der Waals surface area (Å²) in [7, 11) is 3.02. The third-order valence-corrected chi connectivity index (χ3v) is 8.16. The minimum absolute atomic E-state index is 0.0195. The van der Waals surface area contributed by atoms with Gasteiger partial charge in [-0.25, -0.2) is 0 Å². The highest BCUT2D eigenvalue weighted by Crippen LogP contribution is 2.25. The Labute approximate surface area is 215 Å². The van der Waals surface area contributed by atoms with Crippen LogP contribution in [0.5, 0.6) is 0 Å². The van der Waals surface area contributed by atoms with Gasteiger partial charge in [0.05, 0.1) is 0 Å². The molecule has 0 aliphatic carbocycles. The van der Waals surface area contributed by atoms with Crippen LogP contribution in [0, 0.1) is 17.8 Å². The van der Waals surface area contributed by atoms with Gasteiger partial charge in [-0.1, -0.05) is 55.4 Å². The topological polar surface area (TPSA) is 131 Å². The lowest BCUT2D eigenvalue weighted by Gasteiger charge is -2.27. The van der Waals surface area contributed by atoms with Gasteiger partial charge in [-0.15, -0.1) is 0 Å². The van der Waals surface area contributed by atoms with E-state index in [2.05, 4.69) is 16.0 Å². The molecule has 0 aromatic carbocycles. The first-order chi connectivity index (χ1) is 16.6. The van der Waals surface area contributed by atoms with Crippen molar-refractivity contribution in [3.8, 4) is 0 Å². The van der Waals surface area contributed by atoms with Crippen molar-refractivity contribution in [2.45, 2.75) is 71.6 Å². The number of ether oxygens (including phenoxy) is 1. The predicted molar refractivity (Wildman–Crippen MR) is 137 cm³/mol. The third kappa shape index (κ3) is 10.2. The highest BCUT2D eigenvalue weighted by molar-refractivity contribution is 8.76. The summed E-state index contributed by atoms with van der Waals surface area (Å²) in [6.45, 7) is 7.18. The molecule has 0 aromatic heterocycles. The summed E-state index contributed by atoms with van der Waals surface area (Å²) in [4.78, 5) is 64.6. The molecule has 1 saturated heterocycles. The van der Waals surface area contributed by atoms with E-state index in [9.17, 15) is 24.0 Å². The van der Waals surface area contributed by atoms with Crippen LogP contribution >= 0.6 is 21.6 Å². The second-order valence-corrected chi connectivity index (χ2v) is 12.2. The second kappa shape index (κ2) is 14.5. The number of hydrogen-bond donors (Lipinski definition) is 3. The zero-order chi connectivity index (χ0) is 26.0. The van der Waals surface area contributed by atoms with Crippen LogP contribution in [0.15, 0.2) is 12.2 Å². The molecule has 0 radical (unpaired) electrons. The summed E-state index contributed by atoms with van der Waals surface area (Å²) >= 11 is 0. The van der Waals surface area contributed by atoms with E-state index in [4.69, 9.17) is 4.74 Å². The maximum atomic E-state index is 13.2. The second-order valence-electron chi connectivity index (χ2n) is 9.62. The molecule has 4 atom stereocenters. The van der Waals surface area contributed by atoms with E-state index in [0.717, 1.165) is 5.75 Å². The fraction of sp³-hybridized carbons (Fsp3) is 0.708. The lowest BCUT2D eigenvalue weighted by molar-refractivity contribution is -0.148. The molecule has 3 amide bonds. The number of nitrogens with one attached hydrogen (secondary N) is 3. The van der Waals surface area contributed by atoms with Gasteiger partial charge < -0.3 is 20.7 Å². The van der Waals surface area contributed by atoms with Crippen molar-refractivity contribution in [3.05, 3.63) is 12.2 Å². The molecule has 35 heavy (non-hydrogen) atoms. The molecule has 2 heterocycles. The Morgan fingerprint density at radius 2 is 1.71 bits per heavy atom. The molecule has 11 heteroatoms. The number of fused-ring (bicyclic) bond motifs is 7. The van der Waals surface area contributed by atoms with E-state index in [1.165, 1.54) is 10.8 Å². The van der Waals surface area contributed by atoms with Crippen molar-refractivity contribution in [2.24, 2.45) is 17.8 Å². The van der Waals surface area contributed by atoms with Crippen LogP contribution in [0.1, 0.15) is 53.4 Å². The Morgan fingerprint density at radius 3 is 2.40 bits per heavy atom. The number of hydrogen-bond acceptors (Lipinski definition) is 8. The highest BCUT2D eigenvalue weighted by atomic mass is 33.1. The van der Waals surface area contributed by atoms with Crippen molar-refractivity contribution >= 4 is 51.1 Å². The summed E-state index contributed by atoms with van der Waals surface area (Å²) in [6.07, 6.45) is 3.75. The first kappa shape index (κ1) is 29.2. The molecule has 0 aromatic rings. The van der Waals surface area contributed by atoms with Gasteiger partial charge in [0.2, 0.25) is 17.7 Å². The van der Waals surface area contributed by atoms with E-state index in [1.807, 2.05) is 33.8 Å². The van der Waals surface area contributed by atoms with E-state index >= 15 is 0 Å². The fourth-order valence-corrected chi connectivity index (χ4v) is 5.96. The largest absolute Gasteiger partial charge is 0.456 e. The summed E-state index contributed by atoms with van der Waals surface area (Å²) in [6, 6.07) is -1.74. The van der Waals surface area contributed by atoms with Crippen molar-refractivity contribution in [2.75, 3.05) is 18.1 Å². The average Bonchev–Trinajstić information content (AvgIpc) is 2.77. The molecule has 0 saturated carbocycles. The molecule has 2 aliphatic rings. The zero-order valence-electron chi connectivity index (χ0n) is 20.8. The van der Waals surface area contributed by atoms with Crippen molar-refractivity contribution in [1.82, 2.24) is 16.0 Å². The number of Topliss-reactive ketones (excluding diaryl/α,β-unsaturated/α-hetero) is 1. The minimum atomic E-state index is -0.870. The van der Waals surface area contributed by atoms with Crippen LogP contribution in [-0.2, 0) is 28.7 Å². The van der Waals surface area contributed by atoms with Crippen LogP contribution in [0.4, 0.5) is 0 Å². The van der Waals surface area contributed by atoms with Crippen LogP contribution < -0.4 is 16.0 Å². The Kier molecular flexibility index (Phi) is 12.1. The molecule has 196 valence electrons. The number of allylic oxidation sites excluding steroid dienone is 1. The maximum absolute atomic E-state index is 13.2. The van der Waals surface area contributed by atoms with Crippen molar-refractivity contribution in [1.29, 1.82) is 0 Å². The van der Waals surface area contributed by atoms with Gasteiger partial charge >= 0.3 is 5.97 Å². The first-order valence-electron chi connectivity index (χ1n) is 12.1. The molecule has 2 rings (SSSR count). The summed E-state index contributed by atoms with van der Waals surface area (Å²) < 4.78 is 5.48. The maximum Gasteiger partial charge on any atom is 0.326 e. The van der Waals surface area contributed by atoms with Gasteiger partial charge in [-0.2, -0.15) is 0 Å². The summed E-state index contributed by atoms with van der Waals surface area (Å²) in [5.41, 5.74) is 0. The third-order valence-electron chi connectivity index (χ3n) is 5.72. The lowest BCUT2D eigenvalue weighted by Crippen LogP contribution is -2.56. The van der Waals surface area contributed by atoms with Crippen molar-refractivity contribution in [3.63, 3.8) is 0 Å². The Balaban J connectivity index is 2.45. The summed E-state index contributed by atoms with van der Waals surface area (Å²) in [5, 5.41) is 8.12. The molecule has 9 nitrogen and oxygen atoms in total. The number of amides is 3. The van der Waals surface area contributed by atoms with Gasteiger partial charge in [0.1, 0.15) is 30.5 Å². The van der Waals surface area contributed by atoms with Gasteiger partial charge in [0.25, 0.3) is 0 Å². The molecule has 3 N–H and O–H groups in total. The SMILES string of the molecule is CC(C)C[C@@H]1NC(=O)C2CSSCC/C=C/C(CC(=O)C[C@H](C(C)C)C(=O)N2)OC(=O)CNC1=O. The zero-order valence-corrected chi connectivity index (χ0v) is 22.5. The van der Waals surface area contributed by atoms with E-state index < -0.39 is 41.9 Å². The van der Waals surface area contributed by atoms with Crippen LogP contribution in [0.2, 0.25) is 0 Å². The Morgan fingerprint density at radius 1 is 0.971 bits per heavy atom. The molecule has 1 fully saturated rings. The Hall–Kier alpha value is -2.01. The number of carbonyl (C=O) groups excluding carboxylic acids is 5. The molecule has 2 unspecified atom stereocenters. The standard InChI is InChI=1S/C24H37N3O6S2/c1-14(2)9-19-23(31)25-12-21(29)33-17-7-5-6-8-34-35-13-20(24(32)26-19)27-22(30)18(15(3)4)11-16(28)10-17/h5,7,14-15,17-20H,6,8-13H2,1-4H3,(H,25,31)(H,26,32)(H,27,30)/b7-5+/t17?,18-,19+,20?/m1/s1. The highest BCUT2D eigenvalue weighted by Gasteiger charge is 2.32. The molecule has 0 spiro atoms. The van der Waals surface area contributed by atoms with Gasteiger partial charge in [0, 0.05) is 30.3 Å². The lowest BCUT2D eigenvalue weighted by atomic mass is 9.88. The Bertz CT molecular complexity index is 817. The summed E-state index contributed by atoms with van der Waals surface area (Å²) in [5.74, 6) is -1.87. The predicted octanol–water partition coefficient (Wildman–Crippen LogP) is 2.01. The van der Waals surface area contributed by atoms with Crippen LogP contribution in [-0.4, -0.2) is 65.7 Å². The van der Waals surface area contributed by atoms with Crippen LogP contribution in [0.3, 0.4) is 0 Å². The normalized spacial score (nSPS) is 29.1. The monoisotopic (exact) mass is 527 g/mol. The number of esters is 1. The molecular formula is C24H37N3O6S2. The first-order valence-corrected chi connectivity index (χ1v) is 14.6. The molecular weight excluding hydrogens is 490 g/mol. The smallest absolute Gasteiger partial charge is 0.326 e. The van der Waals surface area contributed by atoms with Crippen LogP contribution in [0.25, 0.3) is 0 Å². The average molecular weight is 528 g/mol. The molecule has 2 bridgehead atoms. The van der Waals surface area contributed by atoms with Crippen molar-refractivity contribution < 1.29 is 28.7 Å². The van der Waals surface area contributed by atoms with Gasteiger partial charge in [-0.3, -0.25) is 24.0 Å². The minimum Gasteiger partial charge on any atom is -0.456 e. The van der Waals surface area contributed by atoms with E-state index in [0.29, 0.717) is 18.6 Å². The van der Waals surface area contributed by atoms with E-state index in [-0.39, 0.29) is 42.9 Å².